The number of carbonyl (C=O) groups is 1. The zero-order valence-electron chi connectivity index (χ0n) is 17.7. The van der Waals surface area contributed by atoms with Crippen molar-refractivity contribution < 1.29 is 36.2 Å². The number of amides is 1. The number of hydrogen-bond donors (Lipinski definition) is 1. The summed E-state index contributed by atoms with van der Waals surface area (Å²) in [5.41, 5.74) is -3.29. The summed E-state index contributed by atoms with van der Waals surface area (Å²) >= 11 is 12.2. The molecule has 1 unspecified atom stereocenters. The van der Waals surface area contributed by atoms with Gasteiger partial charge in [0.2, 0.25) is 5.91 Å². The van der Waals surface area contributed by atoms with Gasteiger partial charge in [-0.25, -0.2) is 0 Å². The Labute approximate surface area is 202 Å². The molecule has 1 fully saturated rings. The van der Waals surface area contributed by atoms with Crippen LogP contribution < -0.4 is 0 Å². The molecule has 0 saturated carbocycles. The molecule has 1 aliphatic heterocycles. The van der Waals surface area contributed by atoms with E-state index >= 15 is 0 Å². The minimum atomic E-state index is -4.99. The van der Waals surface area contributed by atoms with Crippen molar-refractivity contribution in [2.45, 2.75) is 50.0 Å². The van der Waals surface area contributed by atoms with Gasteiger partial charge in [0, 0.05) is 31.5 Å². The van der Waals surface area contributed by atoms with Crippen LogP contribution in [0.2, 0.25) is 10.0 Å². The number of rotatable bonds is 5. The molecule has 1 atom stereocenters. The van der Waals surface area contributed by atoms with Crippen molar-refractivity contribution in [2.24, 2.45) is 0 Å². The van der Waals surface area contributed by atoms with Gasteiger partial charge in [-0.3, -0.25) is 4.79 Å². The maximum atomic E-state index is 13.3. The smallest absolute Gasteiger partial charge is 0.396 e. The van der Waals surface area contributed by atoms with Crippen molar-refractivity contribution in [1.82, 2.24) is 4.90 Å². The Morgan fingerprint density at radius 1 is 0.941 bits per heavy atom. The molecule has 3 nitrogen and oxygen atoms in total. The van der Waals surface area contributed by atoms with Crippen LogP contribution in [0.5, 0.6) is 0 Å². The highest BCUT2D eigenvalue weighted by atomic mass is 35.5. The van der Waals surface area contributed by atoms with Crippen molar-refractivity contribution in [1.29, 1.82) is 0 Å². The van der Waals surface area contributed by atoms with Crippen molar-refractivity contribution in [3.63, 3.8) is 0 Å². The van der Waals surface area contributed by atoms with Gasteiger partial charge in [0.1, 0.15) is 0 Å². The fraction of sp³-hybridized carbons (Fsp3) is 0.435. The lowest BCUT2D eigenvalue weighted by Gasteiger charge is -2.37. The summed E-state index contributed by atoms with van der Waals surface area (Å²) in [6, 6.07) is 6.18. The molecule has 2 aromatic carbocycles. The lowest BCUT2D eigenvalue weighted by atomic mass is 9.74. The van der Waals surface area contributed by atoms with Gasteiger partial charge in [-0.2, -0.15) is 26.3 Å². The number of aliphatic hydroxyl groups excluding tert-OH is 1. The fourth-order valence-electron chi connectivity index (χ4n) is 4.37. The number of halogens is 8. The fourth-order valence-corrected chi connectivity index (χ4v) is 4.67. The minimum Gasteiger partial charge on any atom is -0.396 e. The first-order valence-corrected chi connectivity index (χ1v) is 11.1. The van der Waals surface area contributed by atoms with E-state index in [1.165, 1.54) is 4.90 Å². The molecular formula is C23H21Cl2F6NO2. The standard InChI is InChI=1S/C23H21Cl2F6NO2/c24-18-4-3-15(11-19(18)25)21(6-7-33)5-1-2-20(34)32(13-21)12-14-8-16(22(26,27)28)10-17(9-14)23(29,30)31/h3-4,8-11,33H,1-2,5-7,12-13H2. The van der Waals surface area contributed by atoms with Crippen molar-refractivity contribution in [2.75, 3.05) is 13.2 Å². The monoisotopic (exact) mass is 527 g/mol. The van der Waals surface area contributed by atoms with E-state index in [1.54, 1.807) is 18.2 Å². The second kappa shape index (κ2) is 9.95. The highest BCUT2D eigenvalue weighted by Gasteiger charge is 2.40. The van der Waals surface area contributed by atoms with Gasteiger partial charge in [-0.05, 0) is 60.7 Å². The molecule has 0 aliphatic carbocycles. The second-order valence-electron chi connectivity index (χ2n) is 8.40. The summed E-state index contributed by atoms with van der Waals surface area (Å²) in [7, 11) is 0. The average molecular weight is 528 g/mol. The van der Waals surface area contributed by atoms with E-state index in [1.807, 2.05) is 0 Å². The largest absolute Gasteiger partial charge is 0.416 e. The van der Waals surface area contributed by atoms with Gasteiger partial charge in [0.15, 0.2) is 0 Å². The number of benzene rings is 2. The first-order chi connectivity index (χ1) is 15.7. The Kier molecular flexibility index (Phi) is 7.79. The van der Waals surface area contributed by atoms with Crippen LogP contribution in [0.15, 0.2) is 36.4 Å². The van der Waals surface area contributed by atoms with Crippen LogP contribution in [0.3, 0.4) is 0 Å². The van der Waals surface area contributed by atoms with E-state index in [0.29, 0.717) is 35.6 Å². The molecule has 1 N–H and O–H groups in total. The zero-order valence-corrected chi connectivity index (χ0v) is 19.3. The number of likely N-dealkylation sites (tertiary alicyclic amines) is 1. The Morgan fingerprint density at radius 2 is 1.56 bits per heavy atom. The molecule has 3 rings (SSSR count). The van der Waals surface area contributed by atoms with Gasteiger partial charge in [0.05, 0.1) is 21.2 Å². The van der Waals surface area contributed by atoms with Gasteiger partial charge in [0.25, 0.3) is 0 Å². The third-order valence-corrected chi connectivity index (χ3v) is 6.77. The highest BCUT2D eigenvalue weighted by Crippen LogP contribution is 2.41. The predicted octanol–water partition coefficient (Wildman–Crippen LogP) is 6.86. The van der Waals surface area contributed by atoms with Gasteiger partial charge in [-0.15, -0.1) is 0 Å². The summed E-state index contributed by atoms with van der Waals surface area (Å²) in [6.45, 7) is -0.702. The van der Waals surface area contributed by atoms with Crippen LogP contribution >= 0.6 is 23.2 Å². The molecule has 0 aromatic heterocycles. The topological polar surface area (TPSA) is 40.5 Å². The van der Waals surface area contributed by atoms with E-state index in [0.717, 1.165) is 0 Å². The first kappa shape index (κ1) is 26.6. The zero-order chi connectivity index (χ0) is 25.3. The third-order valence-electron chi connectivity index (χ3n) is 6.04. The molecule has 1 amide bonds. The van der Waals surface area contributed by atoms with Crippen molar-refractivity contribution in [3.8, 4) is 0 Å². The number of hydrogen-bond acceptors (Lipinski definition) is 2. The molecule has 0 bridgehead atoms. The van der Waals surface area contributed by atoms with Crippen LogP contribution in [-0.2, 0) is 29.1 Å². The lowest BCUT2D eigenvalue weighted by Crippen LogP contribution is -2.42. The van der Waals surface area contributed by atoms with E-state index in [9.17, 15) is 36.2 Å². The van der Waals surface area contributed by atoms with Crippen molar-refractivity contribution >= 4 is 29.1 Å². The average Bonchev–Trinajstić information content (AvgIpc) is 2.88. The van der Waals surface area contributed by atoms with Gasteiger partial charge in [-0.1, -0.05) is 29.3 Å². The summed E-state index contributed by atoms with van der Waals surface area (Å²) < 4.78 is 79.6. The quantitative estimate of drug-likeness (QED) is 0.431. The summed E-state index contributed by atoms with van der Waals surface area (Å²) in [5, 5.41) is 10.3. The molecule has 2 aromatic rings. The van der Waals surface area contributed by atoms with Crippen LogP contribution in [0.4, 0.5) is 26.3 Å². The number of aliphatic hydroxyl groups is 1. The van der Waals surface area contributed by atoms with Gasteiger partial charge >= 0.3 is 12.4 Å². The number of nitrogens with zero attached hydrogens (tertiary/aromatic N) is 1. The molecule has 0 spiro atoms. The van der Waals surface area contributed by atoms with Crippen LogP contribution in [0.1, 0.15) is 47.9 Å². The molecule has 34 heavy (non-hydrogen) atoms. The Balaban J connectivity index is 2.03. The van der Waals surface area contributed by atoms with E-state index in [2.05, 4.69) is 0 Å². The number of alkyl halides is 6. The molecule has 1 aliphatic rings. The molecule has 1 saturated heterocycles. The van der Waals surface area contributed by atoms with E-state index in [-0.39, 0.29) is 42.6 Å². The van der Waals surface area contributed by atoms with E-state index in [4.69, 9.17) is 23.2 Å². The maximum Gasteiger partial charge on any atom is 0.416 e. The molecule has 11 heteroatoms. The molecule has 186 valence electrons. The summed E-state index contributed by atoms with van der Waals surface area (Å²) in [5.74, 6) is -0.397. The SMILES string of the molecule is O=C1CCCC(CCO)(c2ccc(Cl)c(Cl)c2)CN1Cc1cc(C(F)(F)F)cc(C(F)(F)F)c1. The van der Waals surface area contributed by atoms with Crippen LogP contribution in [0.25, 0.3) is 0 Å². The third kappa shape index (κ3) is 5.98. The van der Waals surface area contributed by atoms with Gasteiger partial charge < -0.3 is 10.0 Å². The highest BCUT2D eigenvalue weighted by molar-refractivity contribution is 6.42. The Morgan fingerprint density at radius 3 is 2.09 bits per heavy atom. The van der Waals surface area contributed by atoms with Crippen LogP contribution in [-0.4, -0.2) is 29.1 Å². The van der Waals surface area contributed by atoms with Crippen molar-refractivity contribution in [3.05, 3.63) is 68.7 Å². The molecule has 1 heterocycles. The number of carbonyl (C=O) groups excluding carboxylic acids is 1. The summed E-state index contributed by atoms with van der Waals surface area (Å²) in [4.78, 5) is 14.0. The summed E-state index contributed by atoms with van der Waals surface area (Å²) in [6.07, 6.45) is -8.81. The molecule has 0 radical (unpaired) electrons. The lowest BCUT2D eigenvalue weighted by molar-refractivity contribution is -0.143. The Bertz CT molecular complexity index is 1020. The van der Waals surface area contributed by atoms with Crippen LogP contribution in [0, 0.1) is 0 Å². The molecular weight excluding hydrogens is 507 g/mol. The predicted molar refractivity (Wildman–Crippen MR) is 116 cm³/mol. The van der Waals surface area contributed by atoms with E-state index < -0.39 is 41.3 Å². The second-order valence-corrected chi connectivity index (χ2v) is 9.21. The minimum absolute atomic E-state index is 0.0120. The first-order valence-electron chi connectivity index (χ1n) is 10.4. The normalized spacial score (nSPS) is 19.9. The maximum absolute atomic E-state index is 13.3. The Hall–Kier alpha value is -1.97.